The highest BCUT2D eigenvalue weighted by Crippen LogP contribution is 2.28. The van der Waals surface area contributed by atoms with Crippen molar-refractivity contribution in [3.63, 3.8) is 0 Å². The van der Waals surface area contributed by atoms with E-state index in [2.05, 4.69) is 22.3 Å². The summed E-state index contributed by atoms with van der Waals surface area (Å²) in [7, 11) is -3.83. The summed E-state index contributed by atoms with van der Waals surface area (Å²) in [5.74, 6) is -0.350. The van der Waals surface area contributed by atoms with E-state index in [0.717, 1.165) is 18.7 Å². The zero-order valence-electron chi connectivity index (χ0n) is 19.2. The molecule has 0 spiro atoms. The number of benzene rings is 2. The standard InChI is InChI=1S/C24H30ClN3O5S/c1-18(23(19-5-3-2-4-6-19)27-9-13-32-14-10-27)26-24(29)20-7-8-21(25)22(17-20)34(30,31)28-11-15-33-16-12-28/h2-8,17-18,23H,9-16H2,1H3,(H,26,29). The molecule has 0 aliphatic carbocycles. The normalized spacial score (nSPS) is 19.9. The van der Waals surface area contributed by atoms with Crippen molar-refractivity contribution in [1.82, 2.24) is 14.5 Å². The predicted molar refractivity (Wildman–Crippen MR) is 130 cm³/mol. The summed E-state index contributed by atoms with van der Waals surface area (Å²) in [6.07, 6.45) is 0. The maximum absolute atomic E-state index is 13.2. The predicted octanol–water partition coefficient (Wildman–Crippen LogP) is 2.55. The van der Waals surface area contributed by atoms with Crippen LogP contribution in [-0.4, -0.2) is 82.2 Å². The second kappa shape index (κ2) is 11.2. The molecule has 2 aromatic carbocycles. The number of hydrogen-bond donors (Lipinski definition) is 1. The molecule has 0 radical (unpaired) electrons. The number of ether oxygens (including phenoxy) is 2. The van der Waals surface area contributed by atoms with Gasteiger partial charge in [0, 0.05) is 37.8 Å². The molecule has 1 amide bonds. The molecule has 2 aliphatic heterocycles. The van der Waals surface area contributed by atoms with Crippen molar-refractivity contribution >= 4 is 27.5 Å². The fraction of sp³-hybridized carbons (Fsp3) is 0.458. The first kappa shape index (κ1) is 25.1. The van der Waals surface area contributed by atoms with Crippen LogP contribution < -0.4 is 5.32 Å². The third-order valence-electron chi connectivity index (χ3n) is 6.19. The van der Waals surface area contributed by atoms with Crippen LogP contribution in [0.1, 0.15) is 28.9 Å². The van der Waals surface area contributed by atoms with Gasteiger partial charge in [-0.25, -0.2) is 8.42 Å². The van der Waals surface area contributed by atoms with E-state index in [9.17, 15) is 13.2 Å². The van der Waals surface area contributed by atoms with E-state index < -0.39 is 10.0 Å². The van der Waals surface area contributed by atoms with Crippen molar-refractivity contribution < 1.29 is 22.7 Å². The van der Waals surface area contributed by atoms with Gasteiger partial charge in [-0.2, -0.15) is 4.31 Å². The molecular formula is C24H30ClN3O5S. The fourth-order valence-corrected chi connectivity index (χ4v) is 6.37. The Bertz CT molecular complexity index is 1090. The minimum absolute atomic E-state index is 0.0436. The van der Waals surface area contributed by atoms with Crippen LogP contribution >= 0.6 is 11.6 Å². The SMILES string of the molecule is CC(NC(=O)c1ccc(Cl)c(S(=O)(=O)N2CCOCC2)c1)C(c1ccccc1)N1CCOCC1. The Labute approximate surface area is 205 Å². The van der Waals surface area contributed by atoms with Crippen molar-refractivity contribution in [2.24, 2.45) is 0 Å². The first-order valence-corrected chi connectivity index (χ1v) is 13.2. The summed E-state index contributed by atoms with van der Waals surface area (Å²) in [6, 6.07) is 14.1. The van der Waals surface area contributed by atoms with Crippen LogP contribution in [0.3, 0.4) is 0 Å². The summed E-state index contributed by atoms with van der Waals surface area (Å²) in [5, 5.41) is 3.17. The van der Waals surface area contributed by atoms with Crippen LogP contribution in [0.5, 0.6) is 0 Å². The van der Waals surface area contributed by atoms with Gasteiger partial charge < -0.3 is 14.8 Å². The minimum atomic E-state index is -3.83. The molecule has 2 atom stereocenters. The number of carbonyl (C=O) groups is 1. The third-order valence-corrected chi connectivity index (χ3v) is 8.57. The zero-order chi connectivity index (χ0) is 24.1. The first-order valence-electron chi connectivity index (χ1n) is 11.4. The maximum atomic E-state index is 13.2. The topological polar surface area (TPSA) is 88.2 Å². The molecule has 10 heteroatoms. The molecular weight excluding hydrogens is 478 g/mol. The fourth-order valence-electron chi connectivity index (χ4n) is 4.46. The Balaban J connectivity index is 1.56. The van der Waals surface area contributed by atoms with E-state index >= 15 is 0 Å². The summed E-state index contributed by atoms with van der Waals surface area (Å²) in [4.78, 5) is 15.5. The molecule has 8 nitrogen and oxygen atoms in total. The van der Waals surface area contributed by atoms with Crippen molar-refractivity contribution in [1.29, 1.82) is 0 Å². The number of rotatable bonds is 7. The first-order chi connectivity index (χ1) is 16.4. The quantitative estimate of drug-likeness (QED) is 0.619. The van der Waals surface area contributed by atoms with Gasteiger partial charge in [0.25, 0.3) is 5.91 Å². The molecule has 2 unspecified atom stereocenters. The number of hydrogen-bond acceptors (Lipinski definition) is 6. The molecule has 2 aromatic rings. The molecule has 0 bridgehead atoms. The van der Waals surface area contributed by atoms with Crippen LogP contribution in [0, 0.1) is 0 Å². The molecule has 1 N–H and O–H groups in total. The Morgan fingerprint density at radius 1 is 0.971 bits per heavy atom. The van der Waals surface area contributed by atoms with Crippen molar-refractivity contribution in [2.75, 3.05) is 52.6 Å². The van der Waals surface area contributed by atoms with E-state index in [4.69, 9.17) is 21.1 Å². The minimum Gasteiger partial charge on any atom is -0.379 e. The molecule has 4 rings (SSSR count). The monoisotopic (exact) mass is 507 g/mol. The third kappa shape index (κ3) is 5.62. The van der Waals surface area contributed by atoms with Crippen LogP contribution in [0.25, 0.3) is 0 Å². The van der Waals surface area contributed by atoms with E-state index in [1.165, 1.54) is 16.4 Å². The number of carbonyl (C=O) groups excluding carboxylic acids is 1. The molecule has 2 aliphatic rings. The van der Waals surface area contributed by atoms with E-state index in [-0.39, 0.29) is 46.6 Å². The van der Waals surface area contributed by atoms with Crippen LogP contribution in [0.15, 0.2) is 53.4 Å². The Kier molecular flexibility index (Phi) is 8.23. The Morgan fingerprint density at radius 2 is 1.59 bits per heavy atom. The van der Waals surface area contributed by atoms with Crippen LogP contribution in [0.4, 0.5) is 0 Å². The number of amides is 1. The van der Waals surface area contributed by atoms with Gasteiger partial charge in [-0.1, -0.05) is 41.9 Å². The van der Waals surface area contributed by atoms with Crippen molar-refractivity contribution in [3.8, 4) is 0 Å². The molecule has 34 heavy (non-hydrogen) atoms. The maximum Gasteiger partial charge on any atom is 0.251 e. The molecule has 0 aromatic heterocycles. The molecule has 2 heterocycles. The van der Waals surface area contributed by atoms with E-state index in [1.807, 2.05) is 25.1 Å². The van der Waals surface area contributed by atoms with Gasteiger partial charge in [0.2, 0.25) is 10.0 Å². The molecule has 0 saturated carbocycles. The lowest BCUT2D eigenvalue weighted by Crippen LogP contribution is -2.48. The van der Waals surface area contributed by atoms with Gasteiger partial charge in [-0.15, -0.1) is 0 Å². The lowest BCUT2D eigenvalue weighted by Gasteiger charge is -2.38. The Morgan fingerprint density at radius 3 is 2.24 bits per heavy atom. The highest BCUT2D eigenvalue weighted by atomic mass is 35.5. The van der Waals surface area contributed by atoms with Gasteiger partial charge in [0.05, 0.1) is 37.5 Å². The summed E-state index contributed by atoms with van der Waals surface area (Å²) in [5.41, 5.74) is 1.35. The lowest BCUT2D eigenvalue weighted by atomic mass is 9.97. The number of halogens is 1. The van der Waals surface area contributed by atoms with Crippen molar-refractivity contribution in [2.45, 2.75) is 23.9 Å². The van der Waals surface area contributed by atoms with Gasteiger partial charge in [-0.3, -0.25) is 9.69 Å². The van der Waals surface area contributed by atoms with E-state index in [0.29, 0.717) is 26.4 Å². The number of morpholine rings is 2. The highest BCUT2D eigenvalue weighted by Gasteiger charge is 2.31. The van der Waals surface area contributed by atoms with Gasteiger partial charge >= 0.3 is 0 Å². The van der Waals surface area contributed by atoms with E-state index in [1.54, 1.807) is 6.07 Å². The second-order valence-electron chi connectivity index (χ2n) is 8.43. The molecule has 2 saturated heterocycles. The summed E-state index contributed by atoms with van der Waals surface area (Å²) >= 11 is 6.26. The zero-order valence-corrected chi connectivity index (χ0v) is 20.7. The molecule has 2 fully saturated rings. The largest absolute Gasteiger partial charge is 0.379 e. The van der Waals surface area contributed by atoms with Gasteiger partial charge in [-0.05, 0) is 30.7 Å². The average Bonchev–Trinajstić information content (AvgIpc) is 2.86. The summed E-state index contributed by atoms with van der Waals surface area (Å²) < 4.78 is 38.4. The van der Waals surface area contributed by atoms with Crippen molar-refractivity contribution in [3.05, 3.63) is 64.7 Å². The van der Waals surface area contributed by atoms with Gasteiger partial charge in [0.15, 0.2) is 0 Å². The summed E-state index contributed by atoms with van der Waals surface area (Å²) in [6.45, 7) is 5.95. The Hall–Kier alpha value is -2.01. The lowest BCUT2D eigenvalue weighted by molar-refractivity contribution is 0.00888. The van der Waals surface area contributed by atoms with Gasteiger partial charge in [0.1, 0.15) is 4.90 Å². The number of nitrogens with one attached hydrogen (secondary N) is 1. The van der Waals surface area contributed by atoms with Crippen LogP contribution in [-0.2, 0) is 19.5 Å². The highest BCUT2D eigenvalue weighted by molar-refractivity contribution is 7.89. The average molecular weight is 508 g/mol. The number of sulfonamides is 1. The molecule has 184 valence electrons. The smallest absolute Gasteiger partial charge is 0.251 e. The van der Waals surface area contributed by atoms with Crippen LogP contribution in [0.2, 0.25) is 5.02 Å². The second-order valence-corrected chi connectivity index (χ2v) is 10.7. The number of nitrogens with zero attached hydrogens (tertiary/aromatic N) is 2.